The normalized spacial score (nSPS) is 11.8. The highest BCUT2D eigenvalue weighted by atomic mass is 32.2. The van der Waals surface area contributed by atoms with Crippen LogP contribution in [0.5, 0.6) is 0 Å². The van der Waals surface area contributed by atoms with Crippen molar-refractivity contribution in [3.05, 3.63) is 71.3 Å². The Kier molecular flexibility index (Phi) is 10.4. The monoisotopic (exact) mass is 604 g/mol. The Morgan fingerprint density at radius 2 is 1.10 bits per heavy atom. The second-order valence-corrected chi connectivity index (χ2v) is 10.2. The highest BCUT2D eigenvalue weighted by molar-refractivity contribution is 7.99. The molecule has 2 aromatic carbocycles. The van der Waals surface area contributed by atoms with Gasteiger partial charge in [0.1, 0.15) is 17.7 Å². The number of halogens is 6. The average molecular weight is 605 g/mol. The number of thioether (sulfide) groups is 2. The van der Waals surface area contributed by atoms with Crippen molar-refractivity contribution in [2.24, 2.45) is 11.5 Å². The lowest BCUT2D eigenvalue weighted by Gasteiger charge is -2.15. The zero-order chi connectivity index (χ0) is 29.5. The van der Waals surface area contributed by atoms with Crippen LogP contribution in [0.1, 0.15) is 32.1 Å². The number of carbonyl (C=O) groups excluding carboxylic acids is 2. The molecule has 0 atom stereocenters. The van der Waals surface area contributed by atoms with Crippen LogP contribution < -0.4 is 22.1 Å². The number of anilines is 2. The van der Waals surface area contributed by atoms with E-state index >= 15 is 0 Å². The van der Waals surface area contributed by atoms with Gasteiger partial charge in [0.25, 0.3) is 11.8 Å². The van der Waals surface area contributed by atoms with Crippen LogP contribution in [-0.4, -0.2) is 46.4 Å². The number of aromatic nitrogens is 2. The van der Waals surface area contributed by atoms with E-state index in [1.807, 2.05) is 0 Å². The first-order valence-corrected chi connectivity index (χ1v) is 13.3. The molecule has 0 fully saturated rings. The number of nitrogens with one attached hydrogen (secondary N) is 2. The number of nitrogens with zero attached hydrogens (tertiary/aromatic N) is 2. The molecular weight excluding hydrogens is 582 g/mol. The Hall–Kier alpha value is -3.34. The number of nitrogens with two attached hydrogens (primary N) is 2. The molecule has 214 valence electrons. The highest BCUT2D eigenvalue weighted by Gasteiger charge is 2.32. The van der Waals surface area contributed by atoms with Gasteiger partial charge in [-0.25, -0.2) is 9.97 Å². The van der Waals surface area contributed by atoms with Crippen LogP contribution in [0.2, 0.25) is 0 Å². The van der Waals surface area contributed by atoms with E-state index in [9.17, 15) is 35.9 Å². The second kappa shape index (κ2) is 13.3. The molecule has 3 aromatic rings. The molecule has 0 unspecified atom stereocenters. The van der Waals surface area contributed by atoms with E-state index in [1.54, 1.807) is 0 Å². The van der Waals surface area contributed by atoms with E-state index in [1.165, 1.54) is 12.1 Å². The van der Waals surface area contributed by atoms with Gasteiger partial charge >= 0.3 is 12.4 Å². The molecule has 0 aliphatic heterocycles. The Morgan fingerprint density at radius 3 is 1.45 bits per heavy atom. The lowest BCUT2D eigenvalue weighted by Crippen LogP contribution is -2.19. The summed E-state index contributed by atoms with van der Waals surface area (Å²) in [4.78, 5) is 33.9. The largest absolute Gasteiger partial charge is 0.416 e. The number of benzene rings is 2. The third-order valence-corrected chi connectivity index (χ3v) is 7.21. The lowest BCUT2D eigenvalue weighted by atomic mass is 10.2. The molecule has 40 heavy (non-hydrogen) atoms. The number of amides is 2. The fraction of sp³-hybridized carbons (Fsp3) is 0.250. The lowest BCUT2D eigenvalue weighted by molar-refractivity contribution is -0.138. The van der Waals surface area contributed by atoms with Crippen LogP contribution in [0.3, 0.4) is 0 Å². The van der Waals surface area contributed by atoms with E-state index in [0.717, 1.165) is 60.2 Å². The number of alkyl halides is 6. The van der Waals surface area contributed by atoms with E-state index in [2.05, 4.69) is 20.6 Å². The maximum atomic E-state index is 13.2. The number of rotatable bonds is 10. The molecule has 6 N–H and O–H groups in total. The van der Waals surface area contributed by atoms with Crippen molar-refractivity contribution in [1.82, 2.24) is 9.97 Å². The standard InChI is InChI=1S/C24H22F6N6O2S2/c25-23(26,27)13-1-3-19(39-7-5-31)15(9-13)35-21(37)17-11-18(34-12-33-17)22(38)36-16-10-14(24(28,29)30)2-4-20(16)40-8-6-32/h1-4,9-12H,5-8,31-32H2,(H,35,37)(H,36,38). The molecule has 0 saturated heterocycles. The maximum absolute atomic E-state index is 13.2. The second-order valence-electron chi connectivity index (χ2n) is 7.89. The van der Waals surface area contributed by atoms with Crippen molar-refractivity contribution < 1.29 is 35.9 Å². The van der Waals surface area contributed by atoms with Gasteiger partial charge < -0.3 is 22.1 Å². The Labute approximate surface area is 232 Å². The molecule has 0 radical (unpaired) electrons. The fourth-order valence-corrected chi connectivity index (χ4v) is 4.71. The zero-order valence-electron chi connectivity index (χ0n) is 20.4. The molecule has 0 spiro atoms. The van der Waals surface area contributed by atoms with Crippen LogP contribution in [0.15, 0.2) is 58.6 Å². The summed E-state index contributed by atoms with van der Waals surface area (Å²) in [6.07, 6.45) is -8.46. The zero-order valence-corrected chi connectivity index (χ0v) is 22.0. The summed E-state index contributed by atoms with van der Waals surface area (Å²) in [6.45, 7) is 0.476. The third-order valence-electron chi connectivity index (χ3n) is 4.99. The molecule has 2 amide bonds. The van der Waals surface area contributed by atoms with Gasteiger partial charge in [-0.15, -0.1) is 23.5 Å². The van der Waals surface area contributed by atoms with E-state index in [4.69, 9.17) is 11.5 Å². The van der Waals surface area contributed by atoms with Gasteiger partial charge in [-0.2, -0.15) is 26.3 Å². The first-order valence-electron chi connectivity index (χ1n) is 11.4. The third kappa shape index (κ3) is 8.33. The van der Waals surface area contributed by atoms with Crippen molar-refractivity contribution in [3.63, 3.8) is 0 Å². The highest BCUT2D eigenvalue weighted by Crippen LogP contribution is 2.37. The van der Waals surface area contributed by atoms with Gasteiger partial charge in [0.2, 0.25) is 0 Å². The van der Waals surface area contributed by atoms with Gasteiger partial charge in [0.15, 0.2) is 0 Å². The molecule has 0 aliphatic carbocycles. The number of hydrogen-bond donors (Lipinski definition) is 4. The summed E-state index contributed by atoms with van der Waals surface area (Å²) in [5.74, 6) is -1.15. The molecule has 0 bridgehead atoms. The first-order chi connectivity index (χ1) is 18.8. The topological polar surface area (TPSA) is 136 Å². The average Bonchev–Trinajstić information content (AvgIpc) is 2.90. The molecule has 8 nitrogen and oxygen atoms in total. The van der Waals surface area contributed by atoms with Crippen LogP contribution in [0, 0.1) is 0 Å². The van der Waals surface area contributed by atoms with Gasteiger partial charge in [0, 0.05) is 40.5 Å². The number of carbonyl (C=O) groups is 2. The summed E-state index contributed by atoms with van der Waals surface area (Å²) in [5.41, 5.74) is 7.94. The Balaban J connectivity index is 1.87. The minimum Gasteiger partial charge on any atom is -0.330 e. The van der Waals surface area contributed by atoms with Crippen LogP contribution in [-0.2, 0) is 12.4 Å². The summed E-state index contributed by atoms with van der Waals surface area (Å²) >= 11 is 2.26. The minimum absolute atomic E-state index is 0.145. The molecule has 1 aromatic heterocycles. The maximum Gasteiger partial charge on any atom is 0.416 e. The van der Waals surface area contributed by atoms with Crippen LogP contribution in [0.4, 0.5) is 37.7 Å². The Bertz CT molecular complexity index is 1270. The van der Waals surface area contributed by atoms with Crippen molar-refractivity contribution >= 4 is 46.7 Å². The number of hydrogen-bond acceptors (Lipinski definition) is 8. The van der Waals surface area contributed by atoms with Crippen molar-refractivity contribution in [1.29, 1.82) is 0 Å². The molecular formula is C24H22F6N6O2S2. The summed E-state index contributed by atoms with van der Waals surface area (Å²) in [6, 6.07) is 6.63. The van der Waals surface area contributed by atoms with E-state index in [-0.39, 0.29) is 35.9 Å². The van der Waals surface area contributed by atoms with Crippen LogP contribution >= 0.6 is 23.5 Å². The molecule has 3 rings (SSSR count). The van der Waals surface area contributed by atoms with Crippen molar-refractivity contribution in [2.75, 3.05) is 35.2 Å². The molecule has 0 saturated carbocycles. The fourth-order valence-electron chi connectivity index (χ4n) is 3.18. The van der Waals surface area contributed by atoms with E-state index < -0.39 is 35.3 Å². The first kappa shape index (κ1) is 31.2. The predicted octanol–water partition coefficient (Wildman–Crippen LogP) is 5.12. The molecule has 1 heterocycles. The van der Waals surface area contributed by atoms with Crippen LogP contribution in [0.25, 0.3) is 0 Å². The summed E-state index contributed by atoms with van der Waals surface area (Å²) in [5, 5.41) is 4.72. The van der Waals surface area contributed by atoms with Gasteiger partial charge in [-0.1, -0.05) is 0 Å². The van der Waals surface area contributed by atoms with Gasteiger partial charge in [0.05, 0.1) is 22.5 Å². The summed E-state index contributed by atoms with van der Waals surface area (Å²) < 4.78 is 79.5. The molecule has 16 heteroatoms. The smallest absolute Gasteiger partial charge is 0.330 e. The van der Waals surface area contributed by atoms with Gasteiger partial charge in [-0.3, -0.25) is 9.59 Å². The predicted molar refractivity (Wildman–Crippen MR) is 140 cm³/mol. The quantitative estimate of drug-likeness (QED) is 0.185. The molecule has 0 aliphatic rings. The SMILES string of the molecule is NCCSc1ccc(C(F)(F)F)cc1NC(=O)c1cc(C(=O)Nc2cc(C(F)(F)F)ccc2SCCN)ncn1. The van der Waals surface area contributed by atoms with Crippen molar-refractivity contribution in [3.8, 4) is 0 Å². The minimum atomic E-state index is -4.67. The summed E-state index contributed by atoms with van der Waals surface area (Å²) in [7, 11) is 0. The van der Waals surface area contributed by atoms with E-state index in [0.29, 0.717) is 21.3 Å². The van der Waals surface area contributed by atoms with Crippen molar-refractivity contribution in [2.45, 2.75) is 22.1 Å². The Morgan fingerprint density at radius 1 is 0.700 bits per heavy atom. The van der Waals surface area contributed by atoms with Gasteiger partial charge in [-0.05, 0) is 36.4 Å².